The second-order valence-electron chi connectivity index (χ2n) is 3.05. The van der Waals surface area contributed by atoms with Crippen LogP contribution in [0, 0.1) is 0 Å². The van der Waals surface area contributed by atoms with Crippen molar-refractivity contribution >= 4 is 5.91 Å². The lowest BCUT2D eigenvalue weighted by Crippen LogP contribution is -2.17. The second kappa shape index (κ2) is 3.56. The Kier molecular flexibility index (Phi) is 2.69. The summed E-state index contributed by atoms with van der Waals surface area (Å²) in [4.78, 5) is 11.1. The zero-order valence-electron chi connectivity index (χ0n) is 7.24. The Balaban J connectivity index is 2.53. The molecule has 2 heteroatoms. The van der Waals surface area contributed by atoms with Gasteiger partial charge in [-0.25, -0.2) is 0 Å². The highest BCUT2D eigenvalue weighted by Crippen LogP contribution is 2.16. The second-order valence-corrected chi connectivity index (χ2v) is 3.05. The summed E-state index contributed by atoms with van der Waals surface area (Å²) in [7, 11) is 0. The molecular formula is C9H15NO. The highest BCUT2D eigenvalue weighted by atomic mass is 16.1. The van der Waals surface area contributed by atoms with Crippen molar-refractivity contribution in [1.82, 2.24) is 5.32 Å². The van der Waals surface area contributed by atoms with Crippen molar-refractivity contribution in [2.45, 2.75) is 33.1 Å². The average molecular weight is 153 g/mol. The lowest BCUT2D eigenvalue weighted by molar-refractivity contribution is -0.116. The lowest BCUT2D eigenvalue weighted by atomic mass is 10.1. The number of rotatable bonds is 3. The van der Waals surface area contributed by atoms with Crippen LogP contribution >= 0.6 is 0 Å². The van der Waals surface area contributed by atoms with Gasteiger partial charge in [0.25, 0.3) is 0 Å². The highest BCUT2D eigenvalue weighted by Gasteiger charge is 2.17. The van der Waals surface area contributed by atoms with E-state index in [0.717, 1.165) is 31.4 Å². The van der Waals surface area contributed by atoms with Crippen molar-refractivity contribution in [1.29, 1.82) is 0 Å². The van der Waals surface area contributed by atoms with Gasteiger partial charge in [-0.1, -0.05) is 13.3 Å². The number of nitrogens with one attached hydrogen (secondary N) is 1. The normalized spacial score (nSPS) is 17.5. The highest BCUT2D eigenvalue weighted by molar-refractivity contribution is 5.96. The molecule has 11 heavy (non-hydrogen) atoms. The first-order valence-electron chi connectivity index (χ1n) is 4.22. The Bertz CT molecular complexity index is 194. The third-order valence-corrected chi connectivity index (χ3v) is 2.08. The molecule has 0 atom stereocenters. The number of carbonyl (C=O) groups is 1. The molecule has 0 fully saturated rings. The third-order valence-electron chi connectivity index (χ3n) is 2.08. The fourth-order valence-corrected chi connectivity index (χ4v) is 1.30. The largest absolute Gasteiger partial charge is 0.349 e. The Morgan fingerprint density at radius 2 is 2.27 bits per heavy atom. The first kappa shape index (κ1) is 8.31. The van der Waals surface area contributed by atoms with Gasteiger partial charge < -0.3 is 5.32 Å². The predicted octanol–water partition coefficient (Wildman–Crippen LogP) is 1.62. The Hall–Kier alpha value is -0.790. The molecule has 2 nitrogen and oxygen atoms in total. The Morgan fingerprint density at radius 3 is 2.73 bits per heavy atom. The van der Waals surface area contributed by atoms with Crippen LogP contribution in [0.15, 0.2) is 11.1 Å². The van der Waals surface area contributed by atoms with Crippen LogP contribution in [0.25, 0.3) is 0 Å². The standard InChI is InChI=1S/C9H15NO/c1-3-4-5-8-7(2)6-10-9(8)11/h3-6H2,1-2H3,(H,10,11). The molecule has 0 radical (unpaired) electrons. The number of amides is 1. The van der Waals surface area contributed by atoms with Crippen molar-refractivity contribution in [3.8, 4) is 0 Å². The molecule has 1 heterocycles. The fourth-order valence-electron chi connectivity index (χ4n) is 1.30. The van der Waals surface area contributed by atoms with Crippen LogP contribution in [-0.2, 0) is 4.79 Å². The molecule has 0 unspecified atom stereocenters. The van der Waals surface area contributed by atoms with E-state index in [9.17, 15) is 4.79 Å². The van der Waals surface area contributed by atoms with Crippen molar-refractivity contribution < 1.29 is 4.79 Å². The smallest absolute Gasteiger partial charge is 0.247 e. The predicted molar refractivity (Wildman–Crippen MR) is 45.2 cm³/mol. The van der Waals surface area contributed by atoms with Gasteiger partial charge in [-0.05, 0) is 25.3 Å². The van der Waals surface area contributed by atoms with Crippen LogP contribution in [0.4, 0.5) is 0 Å². The Morgan fingerprint density at radius 1 is 1.55 bits per heavy atom. The minimum absolute atomic E-state index is 0.149. The SMILES string of the molecule is CCCCC1=C(C)CNC1=O. The van der Waals surface area contributed by atoms with Crippen LogP contribution in [0.1, 0.15) is 33.1 Å². The summed E-state index contributed by atoms with van der Waals surface area (Å²) in [5.41, 5.74) is 2.25. The van der Waals surface area contributed by atoms with Gasteiger partial charge in [0, 0.05) is 12.1 Å². The molecule has 1 aliphatic heterocycles. The van der Waals surface area contributed by atoms with E-state index in [0.29, 0.717) is 0 Å². The van der Waals surface area contributed by atoms with Gasteiger partial charge in [0.05, 0.1) is 0 Å². The van der Waals surface area contributed by atoms with E-state index in [2.05, 4.69) is 12.2 Å². The molecule has 0 aromatic heterocycles. The van der Waals surface area contributed by atoms with Gasteiger partial charge in [0.15, 0.2) is 0 Å². The summed E-state index contributed by atoms with van der Waals surface area (Å²) < 4.78 is 0. The van der Waals surface area contributed by atoms with Crippen molar-refractivity contribution in [2.75, 3.05) is 6.54 Å². The Labute approximate surface area is 67.7 Å². The van der Waals surface area contributed by atoms with Gasteiger partial charge >= 0.3 is 0 Å². The summed E-state index contributed by atoms with van der Waals surface area (Å²) in [6.07, 6.45) is 3.23. The quantitative estimate of drug-likeness (QED) is 0.656. The summed E-state index contributed by atoms with van der Waals surface area (Å²) in [5.74, 6) is 0.149. The van der Waals surface area contributed by atoms with Crippen molar-refractivity contribution in [3.63, 3.8) is 0 Å². The van der Waals surface area contributed by atoms with E-state index < -0.39 is 0 Å². The lowest BCUT2D eigenvalue weighted by Gasteiger charge is -1.98. The van der Waals surface area contributed by atoms with E-state index in [4.69, 9.17) is 0 Å². The van der Waals surface area contributed by atoms with Crippen LogP contribution in [-0.4, -0.2) is 12.5 Å². The maximum Gasteiger partial charge on any atom is 0.247 e. The maximum atomic E-state index is 11.1. The molecule has 0 saturated carbocycles. The van der Waals surface area contributed by atoms with Crippen molar-refractivity contribution in [3.05, 3.63) is 11.1 Å². The van der Waals surface area contributed by atoms with Gasteiger partial charge in [0.2, 0.25) is 5.91 Å². The van der Waals surface area contributed by atoms with Crippen molar-refractivity contribution in [2.24, 2.45) is 0 Å². The fraction of sp³-hybridized carbons (Fsp3) is 0.667. The molecule has 1 N–H and O–H groups in total. The van der Waals surface area contributed by atoms with E-state index in [1.807, 2.05) is 6.92 Å². The molecule has 1 amide bonds. The van der Waals surface area contributed by atoms with E-state index in [1.54, 1.807) is 0 Å². The first-order valence-corrected chi connectivity index (χ1v) is 4.22. The first-order chi connectivity index (χ1) is 5.25. The number of hydrogen-bond donors (Lipinski definition) is 1. The molecule has 1 aliphatic rings. The summed E-state index contributed by atoms with van der Waals surface area (Å²) in [6.45, 7) is 4.93. The molecule has 0 spiro atoms. The molecule has 1 rings (SSSR count). The van der Waals surface area contributed by atoms with E-state index >= 15 is 0 Å². The average Bonchev–Trinajstić information content (AvgIpc) is 2.29. The van der Waals surface area contributed by atoms with Gasteiger partial charge in [0.1, 0.15) is 0 Å². The summed E-state index contributed by atoms with van der Waals surface area (Å²) in [5, 5.41) is 2.82. The summed E-state index contributed by atoms with van der Waals surface area (Å²) >= 11 is 0. The number of hydrogen-bond acceptors (Lipinski definition) is 1. The number of carbonyl (C=O) groups excluding carboxylic acids is 1. The molecule has 0 saturated heterocycles. The zero-order chi connectivity index (χ0) is 8.27. The summed E-state index contributed by atoms with van der Waals surface area (Å²) in [6, 6.07) is 0. The van der Waals surface area contributed by atoms with Gasteiger partial charge in [-0.3, -0.25) is 4.79 Å². The minimum atomic E-state index is 0.149. The maximum absolute atomic E-state index is 11.1. The van der Waals surface area contributed by atoms with Gasteiger partial charge in [-0.15, -0.1) is 0 Å². The molecule has 0 aliphatic carbocycles. The molecule has 0 aromatic carbocycles. The van der Waals surface area contributed by atoms with Crippen LogP contribution in [0.5, 0.6) is 0 Å². The molecular weight excluding hydrogens is 138 g/mol. The molecule has 62 valence electrons. The molecule has 0 aromatic rings. The van der Waals surface area contributed by atoms with Crippen LogP contribution in [0.2, 0.25) is 0 Å². The zero-order valence-corrected chi connectivity index (χ0v) is 7.24. The monoisotopic (exact) mass is 153 g/mol. The van der Waals surface area contributed by atoms with E-state index in [1.165, 1.54) is 5.57 Å². The van der Waals surface area contributed by atoms with Crippen LogP contribution in [0.3, 0.4) is 0 Å². The van der Waals surface area contributed by atoms with Gasteiger partial charge in [-0.2, -0.15) is 0 Å². The third kappa shape index (κ3) is 1.82. The molecule has 0 bridgehead atoms. The van der Waals surface area contributed by atoms with E-state index in [-0.39, 0.29) is 5.91 Å². The topological polar surface area (TPSA) is 29.1 Å². The minimum Gasteiger partial charge on any atom is -0.349 e. The number of unbranched alkanes of at least 4 members (excludes halogenated alkanes) is 1. The van der Waals surface area contributed by atoms with Crippen LogP contribution < -0.4 is 5.32 Å².